The first-order chi connectivity index (χ1) is 13.1. The minimum atomic E-state index is -0.172. The summed E-state index contributed by atoms with van der Waals surface area (Å²) < 4.78 is 7.35. The fourth-order valence-electron chi connectivity index (χ4n) is 2.78. The van der Waals surface area contributed by atoms with Crippen LogP contribution in [0.25, 0.3) is 21.3 Å². The highest BCUT2D eigenvalue weighted by molar-refractivity contribution is 14.1. The van der Waals surface area contributed by atoms with Gasteiger partial charge in [0.05, 0.1) is 17.3 Å². The van der Waals surface area contributed by atoms with Crippen LogP contribution in [0.2, 0.25) is 0 Å². The molecule has 1 N–H and O–H groups in total. The molecule has 4 rings (SSSR count). The van der Waals surface area contributed by atoms with Crippen molar-refractivity contribution in [2.75, 3.05) is 12.4 Å². The highest BCUT2D eigenvalue weighted by Crippen LogP contribution is 2.30. The molecule has 0 fully saturated rings. The molecule has 1 amide bonds. The molecule has 0 aliphatic rings. The van der Waals surface area contributed by atoms with Gasteiger partial charge in [-0.2, -0.15) is 0 Å². The standard InChI is InChI=1S/C21H15IN2O2S/c1-26-15-9-10-18-19(12-15)27-21(23-18)24-20(25)14-6-4-5-13(11-14)16-7-2-3-8-17(16)22/h2-12H,1H3,(H,23,24,25). The zero-order chi connectivity index (χ0) is 18.8. The van der Waals surface area contributed by atoms with Gasteiger partial charge >= 0.3 is 0 Å². The van der Waals surface area contributed by atoms with E-state index in [-0.39, 0.29) is 5.91 Å². The minimum Gasteiger partial charge on any atom is -0.497 e. The number of rotatable bonds is 4. The summed E-state index contributed by atoms with van der Waals surface area (Å²) in [4.78, 5) is 17.2. The average Bonchev–Trinajstić information content (AvgIpc) is 3.09. The normalized spacial score (nSPS) is 10.7. The first-order valence-electron chi connectivity index (χ1n) is 8.25. The van der Waals surface area contributed by atoms with E-state index >= 15 is 0 Å². The molecule has 0 bridgehead atoms. The molecule has 6 heteroatoms. The van der Waals surface area contributed by atoms with Gasteiger partial charge in [-0.3, -0.25) is 10.1 Å². The van der Waals surface area contributed by atoms with E-state index in [9.17, 15) is 4.79 Å². The van der Waals surface area contributed by atoms with Crippen LogP contribution in [0.5, 0.6) is 5.75 Å². The summed E-state index contributed by atoms with van der Waals surface area (Å²) in [7, 11) is 1.63. The van der Waals surface area contributed by atoms with Gasteiger partial charge in [-0.15, -0.1) is 0 Å². The van der Waals surface area contributed by atoms with Gasteiger partial charge in [-0.1, -0.05) is 41.7 Å². The summed E-state index contributed by atoms with van der Waals surface area (Å²) in [6.45, 7) is 0. The Morgan fingerprint density at radius 3 is 2.74 bits per heavy atom. The zero-order valence-corrected chi connectivity index (χ0v) is 17.4. The van der Waals surface area contributed by atoms with Crippen molar-refractivity contribution < 1.29 is 9.53 Å². The van der Waals surface area contributed by atoms with Crippen molar-refractivity contribution in [2.45, 2.75) is 0 Å². The van der Waals surface area contributed by atoms with E-state index in [1.165, 1.54) is 11.3 Å². The summed E-state index contributed by atoms with van der Waals surface area (Å²) in [6, 6.07) is 21.4. The lowest BCUT2D eigenvalue weighted by atomic mass is 10.0. The summed E-state index contributed by atoms with van der Waals surface area (Å²) in [5, 5.41) is 3.48. The number of thiazole rings is 1. The fraction of sp³-hybridized carbons (Fsp3) is 0.0476. The minimum absolute atomic E-state index is 0.172. The Hall–Kier alpha value is -2.45. The quantitative estimate of drug-likeness (QED) is 0.370. The number of hydrogen-bond donors (Lipinski definition) is 1. The van der Waals surface area contributed by atoms with Gasteiger partial charge in [0.1, 0.15) is 5.75 Å². The molecule has 0 radical (unpaired) electrons. The summed E-state index contributed by atoms with van der Waals surface area (Å²) >= 11 is 3.73. The molecular formula is C21H15IN2O2S. The Balaban J connectivity index is 1.60. The van der Waals surface area contributed by atoms with Gasteiger partial charge in [0.15, 0.2) is 5.13 Å². The molecule has 3 aromatic carbocycles. The molecule has 0 aliphatic heterocycles. The average molecular weight is 486 g/mol. The van der Waals surface area contributed by atoms with E-state index < -0.39 is 0 Å². The lowest BCUT2D eigenvalue weighted by molar-refractivity contribution is 0.102. The Morgan fingerprint density at radius 2 is 1.93 bits per heavy atom. The Morgan fingerprint density at radius 1 is 1.07 bits per heavy atom. The van der Waals surface area contributed by atoms with E-state index in [0.29, 0.717) is 10.7 Å². The third kappa shape index (κ3) is 3.81. The highest BCUT2D eigenvalue weighted by atomic mass is 127. The predicted octanol–water partition coefficient (Wildman–Crippen LogP) is 5.83. The SMILES string of the molecule is COc1ccc2nc(NC(=O)c3cccc(-c4ccccc4I)c3)sc2c1. The van der Waals surface area contributed by atoms with Crippen LogP contribution < -0.4 is 10.1 Å². The van der Waals surface area contributed by atoms with Gasteiger partial charge in [0.25, 0.3) is 5.91 Å². The smallest absolute Gasteiger partial charge is 0.257 e. The number of anilines is 1. The number of amides is 1. The molecule has 0 spiro atoms. The Labute approximate surface area is 174 Å². The van der Waals surface area contributed by atoms with Gasteiger partial charge in [-0.25, -0.2) is 4.98 Å². The van der Waals surface area contributed by atoms with Crippen molar-refractivity contribution in [3.8, 4) is 16.9 Å². The number of ether oxygens (including phenoxy) is 1. The second-order valence-electron chi connectivity index (χ2n) is 5.87. The molecule has 4 nitrogen and oxygen atoms in total. The number of halogens is 1. The van der Waals surface area contributed by atoms with Crippen LogP contribution in [0.15, 0.2) is 66.7 Å². The highest BCUT2D eigenvalue weighted by Gasteiger charge is 2.12. The van der Waals surface area contributed by atoms with Crippen molar-refractivity contribution in [1.82, 2.24) is 4.98 Å². The van der Waals surface area contributed by atoms with E-state index in [1.807, 2.05) is 54.6 Å². The molecule has 0 saturated carbocycles. The van der Waals surface area contributed by atoms with Crippen LogP contribution in [-0.2, 0) is 0 Å². The maximum Gasteiger partial charge on any atom is 0.257 e. The largest absolute Gasteiger partial charge is 0.497 e. The number of nitrogens with zero attached hydrogens (tertiary/aromatic N) is 1. The van der Waals surface area contributed by atoms with Crippen LogP contribution in [0.3, 0.4) is 0 Å². The first-order valence-corrected chi connectivity index (χ1v) is 10.1. The van der Waals surface area contributed by atoms with E-state index in [0.717, 1.165) is 30.7 Å². The number of methoxy groups -OCH3 is 1. The Kier molecular flexibility index (Phi) is 5.09. The number of carbonyl (C=O) groups excluding carboxylic acids is 1. The number of fused-ring (bicyclic) bond motifs is 1. The molecule has 0 aliphatic carbocycles. The van der Waals surface area contributed by atoms with E-state index in [2.05, 4.69) is 45.0 Å². The van der Waals surface area contributed by atoms with Gasteiger partial charge in [-0.05, 0) is 70.1 Å². The molecule has 1 aromatic heterocycles. The predicted molar refractivity (Wildman–Crippen MR) is 119 cm³/mol. The third-order valence-corrected chi connectivity index (χ3v) is 6.00. The first kappa shape index (κ1) is 17.9. The van der Waals surface area contributed by atoms with E-state index in [1.54, 1.807) is 7.11 Å². The van der Waals surface area contributed by atoms with Crippen LogP contribution in [0, 0.1) is 3.57 Å². The van der Waals surface area contributed by atoms with E-state index in [4.69, 9.17) is 4.74 Å². The maximum atomic E-state index is 12.7. The topological polar surface area (TPSA) is 51.2 Å². The van der Waals surface area contributed by atoms with Crippen LogP contribution in [-0.4, -0.2) is 18.0 Å². The molecule has 27 heavy (non-hydrogen) atoms. The van der Waals surface area contributed by atoms with Crippen LogP contribution in [0.1, 0.15) is 10.4 Å². The monoisotopic (exact) mass is 486 g/mol. The van der Waals surface area contributed by atoms with Crippen molar-refractivity contribution in [2.24, 2.45) is 0 Å². The molecule has 1 heterocycles. The lowest BCUT2D eigenvalue weighted by Crippen LogP contribution is -2.11. The summed E-state index contributed by atoms with van der Waals surface area (Å²) in [6.07, 6.45) is 0. The fourth-order valence-corrected chi connectivity index (χ4v) is 4.37. The van der Waals surface area contributed by atoms with Crippen LogP contribution >= 0.6 is 33.9 Å². The van der Waals surface area contributed by atoms with Crippen LogP contribution in [0.4, 0.5) is 5.13 Å². The Bertz CT molecular complexity index is 1140. The van der Waals surface area contributed by atoms with Crippen molar-refractivity contribution in [3.05, 3.63) is 75.9 Å². The molecule has 0 unspecified atom stereocenters. The van der Waals surface area contributed by atoms with Crippen molar-refractivity contribution in [1.29, 1.82) is 0 Å². The lowest BCUT2D eigenvalue weighted by Gasteiger charge is -2.07. The number of hydrogen-bond acceptors (Lipinski definition) is 4. The van der Waals surface area contributed by atoms with Crippen molar-refractivity contribution in [3.63, 3.8) is 0 Å². The summed E-state index contributed by atoms with van der Waals surface area (Å²) in [5.41, 5.74) is 3.56. The molecule has 0 saturated heterocycles. The molecular weight excluding hydrogens is 471 g/mol. The van der Waals surface area contributed by atoms with Crippen molar-refractivity contribution >= 4 is 55.2 Å². The van der Waals surface area contributed by atoms with Gasteiger partial charge in [0.2, 0.25) is 0 Å². The molecule has 4 aromatic rings. The third-order valence-electron chi connectivity index (χ3n) is 4.13. The number of nitrogens with one attached hydrogen (secondary N) is 1. The molecule has 134 valence electrons. The second kappa shape index (κ2) is 7.66. The van der Waals surface area contributed by atoms with Gasteiger partial charge < -0.3 is 4.74 Å². The molecule has 0 atom stereocenters. The number of aromatic nitrogens is 1. The number of carbonyl (C=O) groups is 1. The summed E-state index contributed by atoms with van der Waals surface area (Å²) in [5.74, 6) is 0.600. The number of benzene rings is 3. The second-order valence-corrected chi connectivity index (χ2v) is 8.06. The van der Waals surface area contributed by atoms with Gasteiger partial charge in [0, 0.05) is 9.13 Å². The zero-order valence-electron chi connectivity index (χ0n) is 14.4. The maximum absolute atomic E-state index is 12.7.